The van der Waals surface area contributed by atoms with E-state index in [1.807, 2.05) is 24.5 Å². The number of rotatable bonds is 3. The maximum atomic E-state index is 9.31. The van der Waals surface area contributed by atoms with E-state index >= 15 is 0 Å². The molecule has 2 unspecified atom stereocenters. The van der Waals surface area contributed by atoms with Crippen molar-refractivity contribution < 1.29 is 4.74 Å². The highest BCUT2D eigenvalue weighted by Gasteiger charge is 2.23. The highest BCUT2D eigenvalue weighted by atomic mass is 32.2. The first kappa shape index (κ1) is 14.2. The van der Waals surface area contributed by atoms with Gasteiger partial charge in [-0.05, 0) is 37.7 Å². The Labute approximate surface area is 119 Å². The van der Waals surface area contributed by atoms with E-state index < -0.39 is 0 Å². The van der Waals surface area contributed by atoms with Crippen molar-refractivity contribution in [2.45, 2.75) is 49.1 Å². The van der Waals surface area contributed by atoms with Gasteiger partial charge in [-0.2, -0.15) is 5.26 Å². The lowest BCUT2D eigenvalue weighted by molar-refractivity contribution is 0.162. The first-order valence-electron chi connectivity index (χ1n) is 6.75. The van der Waals surface area contributed by atoms with Crippen molar-refractivity contribution in [1.82, 2.24) is 0 Å². The van der Waals surface area contributed by atoms with Crippen LogP contribution >= 0.6 is 11.8 Å². The molecule has 3 nitrogen and oxygen atoms in total. The van der Waals surface area contributed by atoms with Crippen LogP contribution in [0.3, 0.4) is 0 Å². The third kappa shape index (κ3) is 3.43. The van der Waals surface area contributed by atoms with Crippen LogP contribution in [-0.2, 0) is 0 Å². The summed E-state index contributed by atoms with van der Waals surface area (Å²) in [5.41, 5.74) is 6.81. The van der Waals surface area contributed by atoms with Crippen LogP contribution < -0.4 is 10.5 Å². The van der Waals surface area contributed by atoms with Gasteiger partial charge in [0.25, 0.3) is 0 Å². The predicted molar refractivity (Wildman–Crippen MR) is 78.4 cm³/mol. The lowest BCUT2D eigenvalue weighted by Gasteiger charge is -2.23. The van der Waals surface area contributed by atoms with Crippen LogP contribution in [0.15, 0.2) is 23.1 Å². The Morgan fingerprint density at radius 2 is 2.11 bits per heavy atom. The molecule has 0 bridgehead atoms. The normalized spacial score (nSPS) is 23.4. The van der Waals surface area contributed by atoms with Gasteiger partial charge >= 0.3 is 0 Å². The second-order valence-corrected chi connectivity index (χ2v) is 5.75. The van der Waals surface area contributed by atoms with E-state index in [0.29, 0.717) is 11.3 Å². The topological polar surface area (TPSA) is 59.0 Å². The molecule has 102 valence electrons. The fourth-order valence-corrected chi connectivity index (χ4v) is 3.07. The summed E-state index contributed by atoms with van der Waals surface area (Å²) in [6, 6.07) is 8.08. The third-order valence-electron chi connectivity index (χ3n) is 3.60. The summed E-state index contributed by atoms with van der Waals surface area (Å²) in [6.45, 7) is 0. The SMILES string of the molecule is CSc1cccc(OC2CCCCCC2N)c1C#N. The van der Waals surface area contributed by atoms with E-state index in [-0.39, 0.29) is 12.1 Å². The lowest BCUT2D eigenvalue weighted by atomic mass is 10.1. The molecule has 2 atom stereocenters. The number of benzene rings is 1. The molecule has 1 saturated carbocycles. The zero-order chi connectivity index (χ0) is 13.7. The van der Waals surface area contributed by atoms with Crippen molar-refractivity contribution in [1.29, 1.82) is 5.26 Å². The molecule has 2 rings (SSSR count). The van der Waals surface area contributed by atoms with Gasteiger partial charge in [0, 0.05) is 10.9 Å². The van der Waals surface area contributed by atoms with Gasteiger partial charge in [-0.1, -0.05) is 18.9 Å². The quantitative estimate of drug-likeness (QED) is 0.679. The summed E-state index contributed by atoms with van der Waals surface area (Å²) in [5, 5.41) is 9.31. The largest absolute Gasteiger partial charge is 0.487 e. The van der Waals surface area contributed by atoms with E-state index in [1.54, 1.807) is 11.8 Å². The predicted octanol–water partition coefficient (Wildman–Crippen LogP) is 3.32. The van der Waals surface area contributed by atoms with Crippen LogP contribution in [0.4, 0.5) is 0 Å². The Hall–Kier alpha value is -1.18. The highest BCUT2D eigenvalue weighted by Crippen LogP contribution is 2.30. The van der Waals surface area contributed by atoms with Gasteiger partial charge in [0.15, 0.2) is 0 Å². The Morgan fingerprint density at radius 1 is 1.32 bits per heavy atom. The summed E-state index contributed by atoms with van der Waals surface area (Å²) < 4.78 is 6.05. The zero-order valence-corrected chi connectivity index (χ0v) is 12.1. The summed E-state index contributed by atoms with van der Waals surface area (Å²) in [4.78, 5) is 0.960. The molecule has 1 aliphatic carbocycles. The van der Waals surface area contributed by atoms with Crippen LogP contribution in [0.25, 0.3) is 0 Å². The van der Waals surface area contributed by atoms with Crippen molar-refractivity contribution in [3.8, 4) is 11.8 Å². The number of nitrogens with zero attached hydrogens (tertiary/aromatic N) is 1. The number of nitrogens with two attached hydrogens (primary N) is 1. The van der Waals surface area contributed by atoms with E-state index in [1.165, 1.54) is 12.8 Å². The molecule has 1 aliphatic rings. The molecule has 2 N–H and O–H groups in total. The van der Waals surface area contributed by atoms with Crippen molar-refractivity contribution in [2.75, 3.05) is 6.26 Å². The second kappa shape index (κ2) is 6.83. The number of hydrogen-bond acceptors (Lipinski definition) is 4. The molecule has 0 aliphatic heterocycles. The second-order valence-electron chi connectivity index (χ2n) is 4.90. The van der Waals surface area contributed by atoms with Crippen molar-refractivity contribution in [3.05, 3.63) is 23.8 Å². The number of hydrogen-bond donors (Lipinski definition) is 1. The maximum absolute atomic E-state index is 9.31. The third-order valence-corrected chi connectivity index (χ3v) is 4.38. The van der Waals surface area contributed by atoms with Gasteiger partial charge < -0.3 is 10.5 Å². The summed E-state index contributed by atoms with van der Waals surface area (Å²) >= 11 is 1.57. The molecule has 1 aromatic rings. The minimum Gasteiger partial charge on any atom is -0.487 e. The van der Waals surface area contributed by atoms with E-state index in [0.717, 1.165) is 24.2 Å². The van der Waals surface area contributed by atoms with Gasteiger partial charge in [0.05, 0.1) is 0 Å². The molecule has 0 saturated heterocycles. The number of thioether (sulfide) groups is 1. The Bertz CT molecular complexity index is 470. The Balaban J connectivity index is 2.20. The monoisotopic (exact) mass is 276 g/mol. The molecule has 0 radical (unpaired) electrons. The fraction of sp³-hybridized carbons (Fsp3) is 0.533. The fourth-order valence-electron chi connectivity index (χ4n) is 2.50. The molecular formula is C15H20N2OS. The van der Waals surface area contributed by atoms with Crippen LogP contribution in [-0.4, -0.2) is 18.4 Å². The van der Waals surface area contributed by atoms with Crippen molar-refractivity contribution in [3.63, 3.8) is 0 Å². The van der Waals surface area contributed by atoms with Crippen molar-refractivity contribution in [2.24, 2.45) is 5.73 Å². The summed E-state index contributed by atoms with van der Waals surface area (Å²) in [6.07, 6.45) is 7.55. The Morgan fingerprint density at radius 3 is 2.84 bits per heavy atom. The molecular weight excluding hydrogens is 256 g/mol. The van der Waals surface area contributed by atoms with Gasteiger partial charge in [0.2, 0.25) is 0 Å². The highest BCUT2D eigenvalue weighted by molar-refractivity contribution is 7.98. The van der Waals surface area contributed by atoms with Gasteiger partial charge in [-0.25, -0.2) is 0 Å². The zero-order valence-electron chi connectivity index (χ0n) is 11.3. The molecule has 0 aromatic heterocycles. The van der Waals surface area contributed by atoms with Crippen LogP contribution in [0.1, 0.15) is 37.7 Å². The molecule has 19 heavy (non-hydrogen) atoms. The average molecular weight is 276 g/mol. The van der Waals surface area contributed by atoms with Gasteiger partial charge in [0.1, 0.15) is 23.5 Å². The first-order valence-corrected chi connectivity index (χ1v) is 7.98. The molecule has 4 heteroatoms. The standard InChI is InChI=1S/C15H20N2OS/c1-19-15-9-5-8-13(11(15)10-16)18-14-7-4-2-3-6-12(14)17/h5,8-9,12,14H,2-4,6-7,17H2,1H3. The lowest BCUT2D eigenvalue weighted by Crippen LogP contribution is -2.38. The molecule has 0 amide bonds. The summed E-state index contributed by atoms with van der Waals surface area (Å²) in [5.74, 6) is 0.678. The number of nitriles is 1. The minimum absolute atomic E-state index is 0.0340. The van der Waals surface area contributed by atoms with Crippen LogP contribution in [0, 0.1) is 11.3 Å². The minimum atomic E-state index is 0.0340. The van der Waals surface area contributed by atoms with Crippen LogP contribution in [0.5, 0.6) is 5.75 Å². The van der Waals surface area contributed by atoms with Crippen molar-refractivity contribution >= 4 is 11.8 Å². The molecule has 0 heterocycles. The van der Waals surface area contributed by atoms with E-state index in [2.05, 4.69) is 6.07 Å². The smallest absolute Gasteiger partial charge is 0.138 e. The molecule has 1 fully saturated rings. The van der Waals surface area contributed by atoms with E-state index in [4.69, 9.17) is 10.5 Å². The molecule has 0 spiro atoms. The summed E-state index contributed by atoms with van der Waals surface area (Å²) in [7, 11) is 0. The van der Waals surface area contributed by atoms with Gasteiger partial charge in [-0.15, -0.1) is 11.8 Å². The average Bonchev–Trinajstić information content (AvgIpc) is 2.64. The maximum Gasteiger partial charge on any atom is 0.138 e. The van der Waals surface area contributed by atoms with Crippen LogP contribution in [0.2, 0.25) is 0 Å². The Kier molecular flexibility index (Phi) is 5.12. The first-order chi connectivity index (χ1) is 9.26. The molecule has 1 aromatic carbocycles. The van der Waals surface area contributed by atoms with E-state index in [9.17, 15) is 5.26 Å². The van der Waals surface area contributed by atoms with Gasteiger partial charge in [-0.3, -0.25) is 0 Å². The number of ether oxygens (including phenoxy) is 1.